The summed E-state index contributed by atoms with van der Waals surface area (Å²) in [5.41, 5.74) is 1.77. The lowest BCUT2D eigenvalue weighted by atomic mass is 10.3. The van der Waals surface area contributed by atoms with E-state index in [1.54, 1.807) is 17.0 Å². The third-order valence-corrected chi connectivity index (χ3v) is 3.91. The first kappa shape index (κ1) is 11.3. The predicted octanol–water partition coefficient (Wildman–Crippen LogP) is 2.56. The zero-order valence-corrected chi connectivity index (χ0v) is 10.9. The van der Waals surface area contributed by atoms with Gasteiger partial charge in [-0.25, -0.2) is 0 Å². The fourth-order valence-corrected chi connectivity index (χ4v) is 2.84. The fourth-order valence-electron chi connectivity index (χ4n) is 1.79. The standard InChI is InChI=1S/C12H9N3OS2/c16-11-10-9(3-6-18-10)14-12(17)15(11)7-8-1-4-13-5-2-8/h1-6H,7H2,(H,14,17). The van der Waals surface area contributed by atoms with Gasteiger partial charge in [0.2, 0.25) is 0 Å². The van der Waals surface area contributed by atoms with Crippen molar-refractivity contribution in [2.45, 2.75) is 6.54 Å². The second-order valence-corrected chi connectivity index (χ2v) is 5.14. The molecule has 0 fully saturated rings. The molecule has 6 heteroatoms. The van der Waals surface area contributed by atoms with Gasteiger partial charge in [-0.3, -0.25) is 14.3 Å². The van der Waals surface area contributed by atoms with Gasteiger partial charge in [0, 0.05) is 12.4 Å². The molecule has 18 heavy (non-hydrogen) atoms. The van der Waals surface area contributed by atoms with Crippen molar-refractivity contribution in [2.24, 2.45) is 0 Å². The number of rotatable bonds is 2. The number of hydrogen-bond donors (Lipinski definition) is 1. The van der Waals surface area contributed by atoms with Crippen LogP contribution < -0.4 is 5.56 Å². The van der Waals surface area contributed by atoms with Crippen molar-refractivity contribution >= 4 is 33.8 Å². The largest absolute Gasteiger partial charge is 0.331 e. The third-order valence-electron chi connectivity index (χ3n) is 2.68. The van der Waals surface area contributed by atoms with E-state index in [1.165, 1.54) is 11.3 Å². The molecule has 0 aliphatic rings. The van der Waals surface area contributed by atoms with Gasteiger partial charge in [-0.15, -0.1) is 11.3 Å². The van der Waals surface area contributed by atoms with E-state index in [1.807, 2.05) is 23.6 Å². The van der Waals surface area contributed by atoms with Crippen molar-refractivity contribution < 1.29 is 0 Å². The molecule has 0 spiro atoms. The molecule has 0 atom stereocenters. The van der Waals surface area contributed by atoms with Crippen molar-refractivity contribution in [3.63, 3.8) is 0 Å². The highest BCUT2D eigenvalue weighted by Crippen LogP contribution is 2.14. The zero-order valence-electron chi connectivity index (χ0n) is 9.29. The number of H-pyrrole nitrogens is 1. The van der Waals surface area contributed by atoms with E-state index < -0.39 is 0 Å². The van der Waals surface area contributed by atoms with Crippen LogP contribution in [-0.4, -0.2) is 14.5 Å². The van der Waals surface area contributed by atoms with Gasteiger partial charge in [-0.05, 0) is 41.4 Å². The molecule has 0 aromatic carbocycles. The average Bonchev–Trinajstić information content (AvgIpc) is 2.84. The topological polar surface area (TPSA) is 50.7 Å². The Morgan fingerprint density at radius 1 is 1.33 bits per heavy atom. The Kier molecular flexibility index (Phi) is 2.81. The van der Waals surface area contributed by atoms with Crippen molar-refractivity contribution in [1.29, 1.82) is 0 Å². The van der Waals surface area contributed by atoms with E-state index in [4.69, 9.17) is 12.2 Å². The molecule has 90 valence electrons. The van der Waals surface area contributed by atoms with Crippen LogP contribution in [0.2, 0.25) is 0 Å². The van der Waals surface area contributed by atoms with Crippen LogP contribution in [0.5, 0.6) is 0 Å². The second kappa shape index (κ2) is 4.47. The molecule has 0 amide bonds. The van der Waals surface area contributed by atoms with Gasteiger partial charge in [-0.1, -0.05) is 0 Å². The van der Waals surface area contributed by atoms with Gasteiger partial charge < -0.3 is 4.98 Å². The highest BCUT2D eigenvalue weighted by atomic mass is 32.1. The molecule has 1 N–H and O–H groups in total. The Morgan fingerprint density at radius 3 is 2.89 bits per heavy atom. The molecule has 0 aliphatic carbocycles. The Labute approximate surface area is 112 Å². The maximum Gasteiger partial charge on any atom is 0.272 e. The highest BCUT2D eigenvalue weighted by molar-refractivity contribution is 7.71. The van der Waals surface area contributed by atoms with Gasteiger partial charge in [0.15, 0.2) is 4.77 Å². The van der Waals surface area contributed by atoms with Gasteiger partial charge in [0.25, 0.3) is 5.56 Å². The van der Waals surface area contributed by atoms with E-state index in [0.717, 1.165) is 11.1 Å². The van der Waals surface area contributed by atoms with Gasteiger partial charge in [0.05, 0.1) is 12.1 Å². The van der Waals surface area contributed by atoms with Crippen LogP contribution in [0.25, 0.3) is 10.2 Å². The maximum absolute atomic E-state index is 12.3. The van der Waals surface area contributed by atoms with Crippen molar-refractivity contribution in [3.05, 3.63) is 56.7 Å². The number of hydrogen-bond acceptors (Lipinski definition) is 4. The van der Waals surface area contributed by atoms with E-state index in [9.17, 15) is 4.79 Å². The summed E-state index contributed by atoms with van der Waals surface area (Å²) in [6.45, 7) is 0.463. The van der Waals surface area contributed by atoms with E-state index in [0.29, 0.717) is 16.0 Å². The number of nitrogens with one attached hydrogen (secondary N) is 1. The molecule has 0 bridgehead atoms. The number of aromatic amines is 1. The Morgan fingerprint density at radius 2 is 2.11 bits per heavy atom. The average molecular weight is 275 g/mol. The van der Waals surface area contributed by atoms with Gasteiger partial charge in [0.1, 0.15) is 4.70 Å². The van der Waals surface area contributed by atoms with Gasteiger partial charge in [-0.2, -0.15) is 0 Å². The molecule has 0 radical (unpaired) electrons. The van der Waals surface area contributed by atoms with E-state index >= 15 is 0 Å². The van der Waals surface area contributed by atoms with Crippen LogP contribution in [0.3, 0.4) is 0 Å². The Hall–Kier alpha value is -1.79. The summed E-state index contributed by atoms with van der Waals surface area (Å²) < 4.78 is 2.73. The van der Waals surface area contributed by atoms with Crippen molar-refractivity contribution in [1.82, 2.24) is 14.5 Å². The summed E-state index contributed by atoms with van der Waals surface area (Å²) >= 11 is 6.65. The molecule has 3 aromatic rings. The number of fused-ring (bicyclic) bond motifs is 1. The normalized spacial score (nSPS) is 10.9. The van der Waals surface area contributed by atoms with E-state index in [2.05, 4.69) is 9.97 Å². The van der Waals surface area contributed by atoms with Gasteiger partial charge >= 0.3 is 0 Å². The molecule has 0 aliphatic heterocycles. The summed E-state index contributed by atoms with van der Waals surface area (Å²) in [5.74, 6) is 0. The first-order chi connectivity index (χ1) is 8.75. The minimum atomic E-state index is -0.0411. The summed E-state index contributed by atoms with van der Waals surface area (Å²) in [7, 11) is 0. The van der Waals surface area contributed by atoms with Crippen LogP contribution >= 0.6 is 23.6 Å². The fraction of sp³-hybridized carbons (Fsp3) is 0.0833. The summed E-state index contributed by atoms with van der Waals surface area (Å²) in [4.78, 5) is 19.3. The smallest absolute Gasteiger partial charge is 0.272 e. The van der Waals surface area contributed by atoms with Crippen LogP contribution in [0.4, 0.5) is 0 Å². The molecular formula is C12H9N3OS2. The van der Waals surface area contributed by atoms with Crippen LogP contribution in [0.15, 0.2) is 40.8 Å². The Balaban J connectivity index is 2.18. The predicted molar refractivity (Wildman–Crippen MR) is 74.6 cm³/mol. The Bertz CT molecular complexity index is 801. The minimum Gasteiger partial charge on any atom is -0.331 e. The molecule has 0 saturated heterocycles. The number of thiophene rings is 1. The summed E-state index contributed by atoms with van der Waals surface area (Å²) in [6, 6.07) is 5.62. The first-order valence-electron chi connectivity index (χ1n) is 5.35. The summed E-state index contributed by atoms with van der Waals surface area (Å²) in [6.07, 6.45) is 3.41. The highest BCUT2D eigenvalue weighted by Gasteiger charge is 2.06. The molecule has 3 aromatic heterocycles. The van der Waals surface area contributed by atoms with E-state index in [-0.39, 0.29) is 5.56 Å². The molecule has 3 rings (SSSR count). The quantitative estimate of drug-likeness (QED) is 0.731. The van der Waals surface area contributed by atoms with Crippen LogP contribution in [0, 0.1) is 4.77 Å². The summed E-state index contributed by atoms with van der Waals surface area (Å²) in [5, 5.41) is 1.88. The molecule has 0 saturated carbocycles. The number of pyridine rings is 1. The third kappa shape index (κ3) is 1.89. The molecule has 4 nitrogen and oxygen atoms in total. The van der Waals surface area contributed by atoms with Crippen molar-refractivity contribution in [2.75, 3.05) is 0 Å². The van der Waals surface area contributed by atoms with Crippen molar-refractivity contribution in [3.8, 4) is 0 Å². The maximum atomic E-state index is 12.3. The first-order valence-corrected chi connectivity index (χ1v) is 6.64. The lowest BCUT2D eigenvalue weighted by Gasteiger charge is -2.06. The SMILES string of the molecule is O=c1c2sccc2[nH]c(=S)n1Cc1ccncc1. The minimum absolute atomic E-state index is 0.0411. The molecule has 0 unspecified atom stereocenters. The zero-order chi connectivity index (χ0) is 12.5. The monoisotopic (exact) mass is 275 g/mol. The molecular weight excluding hydrogens is 266 g/mol. The molecule has 3 heterocycles. The van der Waals surface area contributed by atoms with Crippen LogP contribution in [0.1, 0.15) is 5.56 Å². The lowest BCUT2D eigenvalue weighted by Crippen LogP contribution is -2.21. The van der Waals surface area contributed by atoms with Crippen LogP contribution in [-0.2, 0) is 6.54 Å². The second-order valence-electron chi connectivity index (χ2n) is 3.84. The number of aromatic nitrogens is 3. The number of nitrogens with zero attached hydrogens (tertiary/aromatic N) is 2. The lowest BCUT2D eigenvalue weighted by molar-refractivity contribution is 0.735.